The zero-order valence-electron chi connectivity index (χ0n) is 11.8. The molecule has 4 heteroatoms. The molecule has 1 aromatic rings. The van der Waals surface area contributed by atoms with Crippen molar-refractivity contribution in [2.24, 2.45) is 5.92 Å². The van der Waals surface area contributed by atoms with Gasteiger partial charge in [-0.25, -0.2) is 0 Å². The van der Waals surface area contributed by atoms with Gasteiger partial charge in [-0.1, -0.05) is 11.6 Å². The third kappa shape index (κ3) is 4.10. The first-order valence-electron chi connectivity index (χ1n) is 7.01. The summed E-state index contributed by atoms with van der Waals surface area (Å²) in [5, 5.41) is 4.04. The highest BCUT2D eigenvalue weighted by Gasteiger charge is 2.22. The van der Waals surface area contributed by atoms with Crippen molar-refractivity contribution in [2.45, 2.75) is 19.9 Å². The lowest BCUT2D eigenvalue weighted by atomic mass is 10.1. The Kier molecular flexibility index (Phi) is 5.49. The van der Waals surface area contributed by atoms with Crippen molar-refractivity contribution in [3.05, 3.63) is 28.8 Å². The number of benzene rings is 1. The number of hydrogen-bond donors (Lipinski definition) is 1. The van der Waals surface area contributed by atoms with Crippen molar-refractivity contribution in [2.75, 3.05) is 33.3 Å². The topological polar surface area (TPSA) is 24.5 Å². The van der Waals surface area contributed by atoms with E-state index in [0.29, 0.717) is 6.61 Å². The molecule has 1 aliphatic heterocycles. The highest BCUT2D eigenvalue weighted by atomic mass is 35.5. The van der Waals surface area contributed by atoms with Crippen LogP contribution >= 0.6 is 11.6 Å². The predicted molar refractivity (Wildman–Crippen MR) is 79.9 cm³/mol. The first-order valence-corrected chi connectivity index (χ1v) is 7.39. The first-order chi connectivity index (χ1) is 9.22. The van der Waals surface area contributed by atoms with Gasteiger partial charge < -0.3 is 10.1 Å². The van der Waals surface area contributed by atoms with Crippen molar-refractivity contribution in [3.63, 3.8) is 0 Å². The summed E-state index contributed by atoms with van der Waals surface area (Å²) in [6.45, 7) is 7.04. The van der Waals surface area contributed by atoms with E-state index in [4.69, 9.17) is 16.3 Å². The van der Waals surface area contributed by atoms with Crippen molar-refractivity contribution in [1.82, 2.24) is 10.2 Å². The number of ether oxygens (including phenoxy) is 1. The number of nitrogens with one attached hydrogen (secondary N) is 1. The molecule has 19 heavy (non-hydrogen) atoms. The molecule has 1 fully saturated rings. The largest absolute Gasteiger partial charge is 0.494 e. The number of halogens is 1. The molecule has 1 N–H and O–H groups in total. The molecule has 0 bridgehead atoms. The van der Waals surface area contributed by atoms with Gasteiger partial charge in [0.25, 0.3) is 0 Å². The second-order valence-electron chi connectivity index (χ2n) is 5.13. The molecule has 0 radical (unpaired) electrons. The molecular weight excluding hydrogens is 260 g/mol. The van der Waals surface area contributed by atoms with E-state index in [2.05, 4.69) is 10.2 Å². The summed E-state index contributed by atoms with van der Waals surface area (Å²) >= 11 is 6.10. The van der Waals surface area contributed by atoms with Gasteiger partial charge in [0, 0.05) is 23.7 Å². The van der Waals surface area contributed by atoms with E-state index in [-0.39, 0.29) is 0 Å². The molecule has 1 saturated heterocycles. The highest BCUT2D eigenvalue weighted by molar-refractivity contribution is 6.30. The van der Waals surface area contributed by atoms with Crippen LogP contribution in [0.2, 0.25) is 5.02 Å². The number of hydrogen-bond acceptors (Lipinski definition) is 3. The maximum Gasteiger partial charge on any atom is 0.123 e. The molecule has 2 rings (SSSR count). The molecule has 0 aliphatic carbocycles. The molecule has 0 aromatic heterocycles. The highest BCUT2D eigenvalue weighted by Crippen LogP contribution is 2.26. The standard InChI is InChI=1S/C15H23ClN2O/c1-3-19-15-5-4-14(16)8-13(15)11-18-7-6-12(10-18)9-17-2/h4-5,8,12,17H,3,6-7,9-11H2,1-2H3/t12-/m0/s1. The molecule has 1 aliphatic rings. The van der Waals surface area contributed by atoms with E-state index in [1.807, 2.05) is 32.2 Å². The molecule has 0 spiro atoms. The van der Waals surface area contributed by atoms with Crippen molar-refractivity contribution >= 4 is 11.6 Å². The maximum atomic E-state index is 6.10. The fourth-order valence-corrected chi connectivity index (χ4v) is 2.92. The van der Waals surface area contributed by atoms with Gasteiger partial charge in [-0.2, -0.15) is 0 Å². The summed E-state index contributed by atoms with van der Waals surface area (Å²) in [6, 6.07) is 5.89. The summed E-state index contributed by atoms with van der Waals surface area (Å²) < 4.78 is 5.68. The van der Waals surface area contributed by atoms with Crippen LogP contribution in [-0.4, -0.2) is 38.2 Å². The minimum absolute atomic E-state index is 0.691. The van der Waals surface area contributed by atoms with Crippen LogP contribution in [0.15, 0.2) is 18.2 Å². The van der Waals surface area contributed by atoms with Gasteiger partial charge in [-0.15, -0.1) is 0 Å². The van der Waals surface area contributed by atoms with Gasteiger partial charge in [0.1, 0.15) is 5.75 Å². The molecule has 106 valence electrons. The average Bonchev–Trinajstić information content (AvgIpc) is 2.81. The number of likely N-dealkylation sites (tertiary alicyclic amines) is 1. The monoisotopic (exact) mass is 282 g/mol. The number of nitrogens with zero attached hydrogens (tertiary/aromatic N) is 1. The van der Waals surface area contributed by atoms with Crippen molar-refractivity contribution < 1.29 is 4.74 Å². The lowest BCUT2D eigenvalue weighted by molar-refractivity contribution is 0.296. The summed E-state index contributed by atoms with van der Waals surface area (Å²) in [5.74, 6) is 1.73. The van der Waals surface area contributed by atoms with E-state index >= 15 is 0 Å². The lowest BCUT2D eigenvalue weighted by Crippen LogP contribution is -2.24. The molecule has 1 atom stereocenters. The lowest BCUT2D eigenvalue weighted by Gasteiger charge is -2.18. The van der Waals surface area contributed by atoms with Crippen LogP contribution in [0.25, 0.3) is 0 Å². The van der Waals surface area contributed by atoms with E-state index < -0.39 is 0 Å². The smallest absolute Gasteiger partial charge is 0.123 e. The van der Waals surface area contributed by atoms with Gasteiger partial charge >= 0.3 is 0 Å². The second kappa shape index (κ2) is 7.13. The molecule has 0 unspecified atom stereocenters. The van der Waals surface area contributed by atoms with Crippen LogP contribution in [0.1, 0.15) is 18.9 Å². The van der Waals surface area contributed by atoms with E-state index in [1.165, 1.54) is 12.0 Å². The molecular formula is C15H23ClN2O. The SMILES string of the molecule is CCOc1ccc(Cl)cc1CN1CC[C@@H](CNC)C1. The van der Waals surface area contributed by atoms with Crippen LogP contribution in [-0.2, 0) is 6.54 Å². The van der Waals surface area contributed by atoms with Crippen molar-refractivity contribution in [3.8, 4) is 5.75 Å². The van der Waals surface area contributed by atoms with Gasteiger partial charge in [-0.05, 0) is 57.6 Å². The number of rotatable bonds is 6. The first kappa shape index (κ1) is 14.6. The molecule has 0 amide bonds. The van der Waals surface area contributed by atoms with Crippen LogP contribution in [0.4, 0.5) is 0 Å². The maximum absolute atomic E-state index is 6.10. The Labute approximate surface area is 120 Å². The molecule has 1 heterocycles. The van der Waals surface area contributed by atoms with E-state index in [9.17, 15) is 0 Å². The van der Waals surface area contributed by atoms with E-state index in [1.54, 1.807) is 0 Å². The summed E-state index contributed by atoms with van der Waals surface area (Å²) in [6.07, 6.45) is 1.27. The van der Waals surface area contributed by atoms with Gasteiger partial charge in [0.15, 0.2) is 0 Å². The third-order valence-electron chi connectivity index (χ3n) is 3.58. The Bertz CT molecular complexity index is 411. The fraction of sp³-hybridized carbons (Fsp3) is 0.600. The molecule has 0 saturated carbocycles. The Balaban J connectivity index is 2.00. The summed E-state index contributed by atoms with van der Waals surface area (Å²) in [7, 11) is 2.02. The van der Waals surface area contributed by atoms with Gasteiger partial charge in [0.2, 0.25) is 0 Å². The van der Waals surface area contributed by atoms with Crippen LogP contribution in [0.3, 0.4) is 0 Å². The van der Waals surface area contributed by atoms with Crippen molar-refractivity contribution in [1.29, 1.82) is 0 Å². The van der Waals surface area contributed by atoms with Crippen LogP contribution in [0.5, 0.6) is 5.75 Å². The van der Waals surface area contributed by atoms with Crippen LogP contribution < -0.4 is 10.1 Å². The van der Waals surface area contributed by atoms with Gasteiger partial charge in [-0.3, -0.25) is 4.90 Å². The second-order valence-corrected chi connectivity index (χ2v) is 5.57. The minimum atomic E-state index is 0.691. The Hall–Kier alpha value is -0.770. The quantitative estimate of drug-likeness (QED) is 0.868. The zero-order chi connectivity index (χ0) is 13.7. The molecule has 1 aromatic carbocycles. The normalized spacial score (nSPS) is 19.8. The Morgan fingerprint density at radius 2 is 2.32 bits per heavy atom. The third-order valence-corrected chi connectivity index (χ3v) is 3.81. The van der Waals surface area contributed by atoms with E-state index in [0.717, 1.165) is 42.9 Å². The fourth-order valence-electron chi connectivity index (χ4n) is 2.72. The minimum Gasteiger partial charge on any atom is -0.494 e. The summed E-state index contributed by atoms with van der Waals surface area (Å²) in [5.41, 5.74) is 1.19. The zero-order valence-corrected chi connectivity index (χ0v) is 12.5. The predicted octanol–water partition coefficient (Wildman–Crippen LogP) is 2.78. The van der Waals surface area contributed by atoms with Crippen LogP contribution in [0, 0.1) is 5.92 Å². The average molecular weight is 283 g/mol. The Morgan fingerprint density at radius 3 is 3.05 bits per heavy atom. The van der Waals surface area contributed by atoms with Gasteiger partial charge in [0.05, 0.1) is 6.61 Å². The summed E-state index contributed by atoms with van der Waals surface area (Å²) in [4.78, 5) is 2.48. The Morgan fingerprint density at radius 1 is 1.47 bits per heavy atom. The molecule has 3 nitrogen and oxygen atoms in total.